The topological polar surface area (TPSA) is 118 Å². The number of rotatable bonds is 3. The van der Waals surface area contributed by atoms with Crippen molar-refractivity contribution < 1.29 is 30.3 Å². The molecule has 0 spiro atoms. The van der Waals surface area contributed by atoms with Crippen molar-refractivity contribution in [2.24, 2.45) is 0 Å². The lowest BCUT2D eigenvalue weighted by atomic mass is 10.2. The Bertz CT molecular complexity index is 734. The molecule has 2 rings (SSSR count). The van der Waals surface area contributed by atoms with Gasteiger partial charge in [0.2, 0.25) is 0 Å². The van der Waals surface area contributed by atoms with Crippen molar-refractivity contribution in [1.82, 2.24) is 0 Å². The Balaban J connectivity index is 0.000000238. The largest absolute Gasteiger partial charge is 0.504 e. The molecule has 6 nitrogen and oxygen atoms in total. The number of aromatic hydroxyl groups is 4. The Morgan fingerprint density at radius 1 is 0.826 bits per heavy atom. The minimum absolute atomic E-state index is 0.106. The summed E-state index contributed by atoms with van der Waals surface area (Å²) in [6.45, 7) is 3.51. The van der Waals surface area contributed by atoms with Gasteiger partial charge in [-0.25, -0.2) is 4.79 Å². The van der Waals surface area contributed by atoms with Gasteiger partial charge < -0.3 is 25.5 Å². The fraction of sp³-hybridized carbons (Fsp3) is 0. The van der Waals surface area contributed by atoms with Crippen molar-refractivity contribution in [2.75, 3.05) is 0 Å². The summed E-state index contributed by atoms with van der Waals surface area (Å²) in [5.74, 6) is -1.78. The molecular weight excluding hydrogens is 300 g/mol. The Kier molecular flexibility index (Phi) is 6.24. The van der Waals surface area contributed by atoms with Crippen molar-refractivity contribution in [3.63, 3.8) is 0 Å². The van der Waals surface area contributed by atoms with Gasteiger partial charge in [0.1, 0.15) is 0 Å². The Morgan fingerprint density at radius 2 is 1.30 bits per heavy atom. The monoisotopic (exact) mass is 316 g/mol. The molecule has 0 saturated carbocycles. The van der Waals surface area contributed by atoms with Crippen LogP contribution in [0.2, 0.25) is 0 Å². The zero-order valence-electron chi connectivity index (χ0n) is 12.0. The molecule has 0 aliphatic carbocycles. The van der Waals surface area contributed by atoms with Crippen molar-refractivity contribution in [3.05, 3.63) is 60.2 Å². The van der Waals surface area contributed by atoms with E-state index >= 15 is 0 Å². The number of carboxylic acids is 1. The molecule has 120 valence electrons. The Hall–Kier alpha value is -3.41. The van der Waals surface area contributed by atoms with E-state index in [9.17, 15) is 4.79 Å². The number of hydrogen-bond acceptors (Lipinski definition) is 5. The maximum absolute atomic E-state index is 10.1. The predicted octanol–water partition coefficient (Wildman–Crippen LogP) is 2.94. The number of carbonyl (C=O) groups is 1. The SMILES string of the molecule is C=Cc1ccc(O)c(O)c1.O=C(O)C=Cc1ccc(O)c(O)c1. The van der Waals surface area contributed by atoms with Gasteiger partial charge >= 0.3 is 5.97 Å². The number of hydrogen-bond donors (Lipinski definition) is 5. The van der Waals surface area contributed by atoms with E-state index in [1.165, 1.54) is 36.4 Å². The van der Waals surface area contributed by atoms with Crippen LogP contribution in [0.3, 0.4) is 0 Å². The highest BCUT2D eigenvalue weighted by atomic mass is 16.4. The summed E-state index contributed by atoms with van der Waals surface area (Å²) in [5.41, 5.74) is 1.30. The van der Waals surface area contributed by atoms with Crippen molar-refractivity contribution in [1.29, 1.82) is 0 Å². The average Bonchev–Trinajstić information content (AvgIpc) is 2.52. The van der Waals surface area contributed by atoms with Gasteiger partial charge in [-0.2, -0.15) is 0 Å². The van der Waals surface area contributed by atoms with Crippen LogP contribution < -0.4 is 0 Å². The highest BCUT2D eigenvalue weighted by molar-refractivity contribution is 5.85. The van der Waals surface area contributed by atoms with Crippen molar-refractivity contribution in [3.8, 4) is 23.0 Å². The molecule has 0 atom stereocenters. The lowest BCUT2D eigenvalue weighted by Gasteiger charge is -1.97. The number of phenols is 4. The zero-order valence-corrected chi connectivity index (χ0v) is 12.0. The van der Waals surface area contributed by atoms with Crippen molar-refractivity contribution >= 4 is 18.1 Å². The molecule has 0 aliphatic heterocycles. The lowest BCUT2D eigenvalue weighted by molar-refractivity contribution is -0.131. The highest BCUT2D eigenvalue weighted by Gasteiger charge is 1.98. The fourth-order valence-electron chi connectivity index (χ4n) is 1.48. The molecule has 23 heavy (non-hydrogen) atoms. The highest BCUT2D eigenvalue weighted by Crippen LogP contribution is 2.25. The standard InChI is InChI=1S/C9H8O4.C8H8O2/c10-7-3-1-6(5-8(7)11)2-4-9(12)13;1-2-6-3-4-7(9)8(10)5-6/h1-5,10-11H,(H,12,13);2-5,9-10H,1H2. The van der Waals surface area contributed by atoms with Gasteiger partial charge in [-0.1, -0.05) is 24.8 Å². The van der Waals surface area contributed by atoms with Crippen LogP contribution in [0.25, 0.3) is 12.2 Å². The number of benzene rings is 2. The summed E-state index contributed by atoms with van der Waals surface area (Å²) < 4.78 is 0. The molecule has 0 radical (unpaired) electrons. The summed E-state index contributed by atoms with van der Waals surface area (Å²) in [7, 11) is 0. The van der Waals surface area contributed by atoms with Gasteiger partial charge in [0.25, 0.3) is 0 Å². The second kappa shape index (κ2) is 8.14. The van der Waals surface area contributed by atoms with Gasteiger partial charge in [0.05, 0.1) is 0 Å². The van der Waals surface area contributed by atoms with Crippen LogP contribution in [-0.2, 0) is 4.79 Å². The normalized spacial score (nSPS) is 9.91. The molecule has 2 aromatic rings. The smallest absolute Gasteiger partial charge is 0.328 e. The molecule has 0 fully saturated rings. The maximum Gasteiger partial charge on any atom is 0.328 e. The number of carboxylic acid groups (broad SMARTS) is 1. The van der Waals surface area contributed by atoms with E-state index in [1.807, 2.05) is 0 Å². The predicted molar refractivity (Wildman–Crippen MR) is 86.3 cm³/mol. The second-order valence-corrected chi connectivity index (χ2v) is 4.37. The maximum atomic E-state index is 10.1. The van der Waals surface area contributed by atoms with Crippen LogP contribution in [-0.4, -0.2) is 31.5 Å². The van der Waals surface area contributed by atoms with Gasteiger partial charge in [-0.05, 0) is 41.5 Å². The average molecular weight is 316 g/mol. The van der Waals surface area contributed by atoms with E-state index in [0.717, 1.165) is 11.6 Å². The van der Waals surface area contributed by atoms with E-state index in [1.54, 1.807) is 12.1 Å². The minimum atomic E-state index is -1.06. The fourth-order valence-corrected chi connectivity index (χ4v) is 1.48. The molecule has 6 heteroatoms. The van der Waals surface area contributed by atoms with Gasteiger partial charge in [-0.3, -0.25) is 0 Å². The van der Waals surface area contributed by atoms with Gasteiger partial charge in [0.15, 0.2) is 23.0 Å². The van der Waals surface area contributed by atoms with E-state index in [4.69, 9.17) is 25.5 Å². The van der Waals surface area contributed by atoms with Gasteiger partial charge in [-0.15, -0.1) is 0 Å². The lowest BCUT2D eigenvalue weighted by Crippen LogP contribution is -1.85. The molecule has 0 unspecified atom stereocenters. The molecule has 0 saturated heterocycles. The Morgan fingerprint density at radius 3 is 1.74 bits per heavy atom. The third-order valence-electron chi connectivity index (χ3n) is 2.65. The van der Waals surface area contributed by atoms with E-state index in [-0.39, 0.29) is 23.0 Å². The third-order valence-corrected chi connectivity index (χ3v) is 2.65. The zero-order chi connectivity index (χ0) is 17.4. The second-order valence-electron chi connectivity index (χ2n) is 4.37. The van der Waals surface area contributed by atoms with Crippen LogP contribution in [0, 0.1) is 0 Å². The minimum Gasteiger partial charge on any atom is -0.504 e. The van der Waals surface area contributed by atoms with Crippen LogP contribution >= 0.6 is 0 Å². The summed E-state index contributed by atoms with van der Waals surface area (Å²) in [4.78, 5) is 10.1. The van der Waals surface area contributed by atoms with Crippen LogP contribution in [0.4, 0.5) is 0 Å². The van der Waals surface area contributed by atoms with E-state index < -0.39 is 5.97 Å². The summed E-state index contributed by atoms with van der Waals surface area (Å²) in [6, 6.07) is 8.59. The summed E-state index contributed by atoms with van der Waals surface area (Å²) >= 11 is 0. The van der Waals surface area contributed by atoms with Gasteiger partial charge in [0, 0.05) is 6.08 Å². The summed E-state index contributed by atoms with van der Waals surface area (Å²) in [5, 5.41) is 44.1. The van der Waals surface area contributed by atoms with Crippen LogP contribution in [0.5, 0.6) is 23.0 Å². The van der Waals surface area contributed by atoms with E-state index in [2.05, 4.69) is 6.58 Å². The quantitative estimate of drug-likeness (QED) is 0.439. The first-order valence-corrected chi connectivity index (χ1v) is 6.41. The summed E-state index contributed by atoms with van der Waals surface area (Å²) in [6.07, 6.45) is 3.87. The number of phenolic OH excluding ortho intramolecular Hbond substituents is 4. The Labute approximate surface area is 132 Å². The van der Waals surface area contributed by atoms with Crippen molar-refractivity contribution in [2.45, 2.75) is 0 Å². The first-order valence-electron chi connectivity index (χ1n) is 6.41. The molecule has 0 heterocycles. The molecule has 0 aliphatic rings. The van der Waals surface area contributed by atoms with E-state index in [0.29, 0.717) is 5.56 Å². The molecule has 0 aromatic heterocycles. The van der Waals surface area contributed by atoms with Crippen LogP contribution in [0.15, 0.2) is 49.1 Å². The first kappa shape index (κ1) is 17.6. The molecule has 2 aromatic carbocycles. The molecule has 0 bridgehead atoms. The molecular formula is C17H16O6. The van der Waals surface area contributed by atoms with Crippen LogP contribution in [0.1, 0.15) is 11.1 Å². The number of aliphatic carboxylic acids is 1. The molecule has 5 N–H and O–H groups in total. The first-order chi connectivity index (χ1) is 10.8. The third kappa shape index (κ3) is 5.84. The molecule has 0 amide bonds.